The number of carboxylic acid groups (broad SMARTS) is 5. The normalized spacial score (nSPS) is 16.3. The predicted molar refractivity (Wildman–Crippen MR) is 210 cm³/mol. The molecular formula is C38H58N8O14. The van der Waals surface area contributed by atoms with Gasteiger partial charge in [0.1, 0.15) is 12.4 Å². The second kappa shape index (κ2) is 25.9. The van der Waals surface area contributed by atoms with Gasteiger partial charge in [-0.2, -0.15) is 0 Å². The van der Waals surface area contributed by atoms with E-state index in [4.69, 9.17) is 14.9 Å². The van der Waals surface area contributed by atoms with Gasteiger partial charge in [-0.25, -0.2) is 0 Å². The lowest BCUT2D eigenvalue weighted by Crippen LogP contribution is -2.46. The summed E-state index contributed by atoms with van der Waals surface area (Å²) in [7, 11) is 0. The fraction of sp³-hybridized carbons (Fsp3) is 0.658. The summed E-state index contributed by atoms with van der Waals surface area (Å²) in [5, 5.41) is 55.3. The van der Waals surface area contributed by atoms with Crippen LogP contribution in [0.5, 0.6) is 5.75 Å². The zero-order valence-corrected chi connectivity index (χ0v) is 33.7. The molecule has 2 fully saturated rings. The predicted octanol–water partition coefficient (Wildman–Crippen LogP) is -1.53. The first-order valence-corrected chi connectivity index (χ1v) is 20.0. The van der Waals surface area contributed by atoms with Crippen molar-refractivity contribution in [2.75, 3.05) is 98.2 Å². The van der Waals surface area contributed by atoms with Crippen LogP contribution in [0.2, 0.25) is 0 Å². The first-order valence-electron chi connectivity index (χ1n) is 20.0. The largest absolute Gasteiger partial charge is 0.490 e. The molecule has 1 aromatic rings. The zero-order valence-electron chi connectivity index (χ0n) is 33.7. The Morgan fingerprint density at radius 2 is 1.37 bits per heavy atom. The molecule has 2 aliphatic heterocycles. The fourth-order valence-electron chi connectivity index (χ4n) is 7.14. The molecule has 0 bridgehead atoms. The van der Waals surface area contributed by atoms with Crippen LogP contribution >= 0.6 is 0 Å². The minimum atomic E-state index is -1.27. The number of carbonyl (C=O) groups excluding carboxylic acids is 3. The number of carbonyl (C=O) groups is 8. The van der Waals surface area contributed by atoms with Crippen LogP contribution in [0, 0.1) is 11.8 Å². The molecular weight excluding hydrogens is 792 g/mol. The van der Waals surface area contributed by atoms with Crippen molar-refractivity contribution in [3.63, 3.8) is 0 Å². The monoisotopic (exact) mass is 850 g/mol. The summed E-state index contributed by atoms with van der Waals surface area (Å²) in [6, 6.07) is 0.581. The lowest BCUT2D eigenvalue weighted by Gasteiger charge is -2.33. The highest BCUT2D eigenvalue weighted by atomic mass is 16.5. The molecule has 3 heterocycles. The van der Waals surface area contributed by atoms with Gasteiger partial charge in [-0.05, 0) is 62.7 Å². The SMILES string of the molecule is O=C(O)C[C@H](NC(=O)[C@@H]1CCCN(C(=O)CCC2CCNCC2)C1)c1cncc(OCCNC(=O)CN(CCN(CCN(CC(=O)O)CC(=O)O)CC(=O)O)CC(=O)O)c1. The Labute approximate surface area is 347 Å². The third kappa shape index (κ3) is 19.5. The molecule has 0 aliphatic carbocycles. The summed E-state index contributed by atoms with van der Waals surface area (Å²) < 4.78 is 5.73. The number of rotatable bonds is 28. The van der Waals surface area contributed by atoms with E-state index in [1.165, 1.54) is 28.3 Å². The highest BCUT2D eigenvalue weighted by molar-refractivity contribution is 5.82. The topological polar surface area (TPSA) is 309 Å². The van der Waals surface area contributed by atoms with Gasteiger partial charge in [0.2, 0.25) is 17.7 Å². The van der Waals surface area contributed by atoms with Crippen LogP contribution in [0.25, 0.3) is 0 Å². The first-order chi connectivity index (χ1) is 28.6. The van der Waals surface area contributed by atoms with E-state index in [0.29, 0.717) is 37.3 Å². The number of nitrogens with one attached hydrogen (secondary N) is 3. The molecule has 3 amide bonds. The molecule has 334 valence electrons. The van der Waals surface area contributed by atoms with Crippen LogP contribution in [0.15, 0.2) is 18.5 Å². The van der Waals surface area contributed by atoms with Crippen molar-refractivity contribution in [2.24, 2.45) is 11.8 Å². The number of carboxylic acids is 5. The summed E-state index contributed by atoms with van der Waals surface area (Å²) in [6.45, 7) is -0.211. The Morgan fingerprint density at radius 1 is 0.783 bits per heavy atom. The van der Waals surface area contributed by atoms with Gasteiger partial charge in [0.05, 0.1) is 63.8 Å². The first kappa shape index (κ1) is 48.9. The van der Waals surface area contributed by atoms with Gasteiger partial charge in [0.15, 0.2) is 0 Å². The number of hydrogen-bond donors (Lipinski definition) is 8. The molecule has 2 aliphatic rings. The minimum Gasteiger partial charge on any atom is -0.490 e. The van der Waals surface area contributed by atoms with E-state index in [1.807, 2.05) is 0 Å². The van der Waals surface area contributed by atoms with Crippen molar-refractivity contribution in [1.82, 2.24) is 40.5 Å². The maximum Gasteiger partial charge on any atom is 0.317 e. The number of likely N-dealkylation sites (tertiary alicyclic amines) is 1. The fourth-order valence-corrected chi connectivity index (χ4v) is 7.14. The van der Waals surface area contributed by atoms with Crippen LogP contribution in [-0.4, -0.2) is 196 Å². The summed E-state index contributed by atoms with van der Waals surface area (Å²) >= 11 is 0. The average Bonchev–Trinajstić information content (AvgIpc) is 3.18. The van der Waals surface area contributed by atoms with Gasteiger partial charge in [0.25, 0.3) is 0 Å². The second-order valence-corrected chi connectivity index (χ2v) is 15.0. The molecule has 0 unspecified atom stereocenters. The molecule has 0 spiro atoms. The maximum atomic E-state index is 13.4. The lowest BCUT2D eigenvalue weighted by molar-refractivity contribution is -0.143. The summed E-state index contributed by atoms with van der Waals surface area (Å²) in [4.78, 5) is 106. The molecule has 22 nitrogen and oxygen atoms in total. The highest BCUT2D eigenvalue weighted by Crippen LogP contribution is 2.25. The Morgan fingerprint density at radius 3 is 1.97 bits per heavy atom. The number of aliphatic carboxylic acids is 5. The van der Waals surface area contributed by atoms with Crippen LogP contribution in [0.1, 0.15) is 56.6 Å². The number of hydrogen-bond acceptors (Lipinski definition) is 14. The van der Waals surface area contributed by atoms with Crippen molar-refractivity contribution in [1.29, 1.82) is 0 Å². The smallest absolute Gasteiger partial charge is 0.317 e. The van der Waals surface area contributed by atoms with Gasteiger partial charge in [-0.15, -0.1) is 0 Å². The number of ether oxygens (including phenoxy) is 1. The second-order valence-electron chi connectivity index (χ2n) is 15.0. The molecule has 0 saturated carbocycles. The molecule has 3 rings (SSSR count). The Bertz CT molecular complexity index is 1610. The van der Waals surface area contributed by atoms with E-state index in [0.717, 1.165) is 37.3 Å². The molecule has 2 atom stereocenters. The van der Waals surface area contributed by atoms with Crippen LogP contribution in [0.4, 0.5) is 0 Å². The number of pyridine rings is 1. The third-order valence-corrected chi connectivity index (χ3v) is 10.2. The quantitative estimate of drug-likeness (QED) is 0.0444. The Hall–Kier alpha value is -5.45. The highest BCUT2D eigenvalue weighted by Gasteiger charge is 2.31. The van der Waals surface area contributed by atoms with Crippen molar-refractivity contribution in [2.45, 2.75) is 51.0 Å². The van der Waals surface area contributed by atoms with Gasteiger partial charge in [0, 0.05) is 51.9 Å². The molecule has 0 aromatic carbocycles. The standard InChI is InChI=1S/C38H58N8O14/c47-31(21-44(23-35(53)54)13-11-43(22-34(51)52)12-14-45(24-36(55)56)25-37(57)58)41-9-15-60-29-16-28(18-40-19-29)30(17-33(49)50)42-38(59)27-2-1-10-46(20-27)32(48)4-3-26-5-7-39-8-6-26/h16,18-19,26-27,30,39H,1-15,17,20-25H2,(H,41,47)(H,42,59)(H,49,50)(H,51,52)(H,53,54)(H,55,56)(H,57,58)/t27-,30+/m1/s1. The van der Waals surface area contributed by atoms with E-state index in [2.05, 4.69) is 20.9 Å². The minimum absolute atomic E-state index is 0.0208. The van der Waals surface area contributed by atoms with E-state index in [1.54, 1.807) is 4.90 Å². The van der Waals surface area contributed by atoms with Crippen molar-refractivity contribution >= 4 is 47.6 Å². The van der Waals surface area contributed by atoms with E-state index in [9.17, 15) is 53.7 Å². The Kier molecular flexibility index (Phi) is 21.1. The van der Waals surface area contributed by atoms with Crippen LogP contribution < -0.4 is 20.7 Å². The van der Waals surface area contributed by atoms with Crippen LogP contribution in [0.3, 0.4) is 0 Å². The number of nitrogens with zero attached hydrogens (tertiary/aromatic N) is 5. The summed E-state index contributed by atoms with van der Waals surface area (Å²) in [5.41, 5.74) is 0.371. The molecule has 0 radical (unpaired) electrons. The molecule has 1 aromatic heterocycles. The van der Waals surface area contributed by atoms with E-state index in [-0.39, 0.29) is 70.0 Å². The lowest BCUT2D eigenvalue weighted by atomic mass is 9.92. The number of piperidine rings is 2. The molecule has 2 saturated heterocycles. The van der Waals surface area contributed by atoms with Crippen molar-refractivity contribution in [3.05, 3.63) is 24.0 Å². The van der Waals surface area contributed by atoms with Crippen molar-refractivity contribution in [3.8, 4) is 5.75 Å². The summed E-state index contributed by atoms with van der Waals surface area (Å²) in [6.07, 6.45) is 6.89. The maximum absolute atomic E-state index is 13.4. The van der Waals surface area contributed by atoms with Gasteiger partial charge in [-0.3, -0.25) is 58.0 Å². The van der Waals surface area contributed by atoms with Gasteiger partial charge < -0.3 is 51.1 Å². The van der Waals surface area contributed by atoms with E-state index < -0.39 is 80.3 Å². The molecule has 8 N–H and O–H groups in total. The summed E-state index contributed by atoms with van der Waals surface area (Å²) in [5.74, 6) is -6.84. The Balaban J connectivity index is 1.50. The molecule has 22 heteroatoms. The molecule has 60 heavy (non-hydrogen) atoms. The zero-order chi connectivity index (χ0) is 44.0. The number of aromatic nitrogens is 1. The van der Waals surface area contributed by atoms with Gasteiger partial charge >= 0.3 is 29.8 Å². The van der Waals surface area contributed by atoms with Gasteiger partial charge in [-0.1, -0.05) is 0 Å². The average molecular weight is 851 g/mol. The van der Waals surface area contributed by atoms with Crippen molar-refractivity contribution < 1.29 is 68.6 Å². The van der Waals surface area contributed by atoms with E-state index >= 15 is 0 Å². The van der Waals surface area contributed by atoms with Crippen LogP contribution in [-0.2, 0) is 38.4 Å². The third-order valence-electron chi connectivity index (χ3n) is 10.2. The number of amides is 3.